The predicted molar refractivity (Wildman–Crippen MR) is 49.4 cm³/mol. The van der Waals surface area contributed by atoms with Crippen LogP contribution in [0.3, 0.4) is 0 Å². The molecule has 0 bridgehead atoms. The van der Waals surface area contributed by atoms with Crippen molar-refractivity contribution in [2.45, 2.75) is 20.8 Å². The van der Waals surface area contributed by atoms with Crippen LogP contribution in [0.25, 0.3) is 10.3 Å². The van der Waals surface area contributed by atoms with Gasteiger partial charge in [0.15, 0.2) is 5.65 Å². The summed E-state index contributed by atoms with van der Waals surface area (Å²) >= 11 is 1.65. The SMILES string of the molecule is Cc1nc(C)c2sc(C)nc2n1. The number of aromatic nitrogens is 3. The summed E-state index contributed by atoms with van der Waals surface area (Å²) in [6, 6.07) is 0. The zero-order valence-electron chi connectivity index (χ0n) is 7.25. The lowest BCUT2D eigenvalue weighted by molar-refractivity contribution is 1.04. The van der Waals surface area contributed by atoms with Gasteiger partial charge in [0.05, 0.1) is 15.4 Å². The van der Waals surface area contributed by atoms with Crippen molar-refractivity contribution in [3.8, 4) is 0 Å². The van der Waals surface area contributed by atoms with Crippen LogP contribution in [0.1, 0.15) is 16.5 Å². The molecule has 0 unspecified atom stereocenters. The van der Waals surface area contributed by atoms with Crippen LogP contribution < -0.4 is 0 Å². The summed E-state index contributed by atoms with van der Waals surface area (Å²) in [5, 5.41) is 1.05. The van der Waals surface area contributed by atoms with E-state index in [9.17, 15) is 0 Å². The number of fused-ring (bicyclic) bond motifs is 1. The normalized spacial score (nSPS) is 10.9. The van der Waals surface area contributed by atoms with E-state index in [1.54, 1.807) is 11.3 Å². The Kier molecular flexibility index (Phi) is 1.58. The Morgan fingerprint density at radius 1 is 1.00 bits per heavy atom. The molecular weight excluding hydrogens is 170 g/mol. The molecule has 0 aliphatic heterocycles. The molecule has 0 spiro atoms. The lowest BCUT2D eigenvalue weighted by atomic mass is 10.4. The second kappa shape index (κ2) is 2.48. The molecule has 2 rings (SSSR count). The van der Waals surface area contributed by atoms with Gasteiger partial charge in [-0.05, 0) is 20.8 Å². The average molecular weight is 179 g/mol. The van der Waals surface area contributed by atoms with E-state index >= 15 is 0 Å². The first-order chi connectivity index (χ1) is 5.66. The van der Waals surface area contributed by atoms with Crippen LogP contribution in [0, 0.1) is 20.8 Å². The van der Waals surface area contributed by atoms with Crippen LogP contribution in [0.4, 0.5) is 0 Å². The van der Waals surface area contributed by atoms with Gasteiger partial charge in [-0.1, -0.05) is 0 Å². The molecule has 3 nitrogen and oxygen atoms in total. The Morgan fingerprint density at radius 3 is 2.50 bits per heavy atom. The molecule has 2 aromatic heterocycles. The van der Waals surface area contributed by atoms with E-state index in [1.807, 2.05) is 20.8 Å². The van der Waals surface area contributed by atoms with E-state index in [-0.39, 0.29) is 0 Å². The monoisotopic (exact) mass is 179 g/mol. The number of hydrogen-bond donors (Lipinski definition) is 0. The van der Waals surface area contributed by atoms with E-state index < -0.39 is 0 Å². The summed E-state index contributed by atoms with van der Waals surface area (Å²) in [7, 11) is 0. The van der Waals surface area contributed by atoms with Crippen LogP contribution in [0.15, 0.2) is 0 Å². The molecule has 0 radical (unpaired) electrons. The van der Waals surface area contributed by atoms with Gasteiger partial charge >= 0.3 is 0 Å². The quantitative estimate of drug-likeness (QED) is 0.621. The summed E-state index contributed by atoms with van der Waals surface area (Å²) in [5.41, 5.74) is 1.87. The maximum atomic E-state index is 4.30. The molecule has 4 heteroatoms. The molecule has 2 heterocycles. The Hall–Kier alpha value is -1.03. The Morgan fingerprint density at radius 2 is 1.75 bits per heavy atom. The highest BCUT2D eigenvalue weighted by Gasteiger charge is 2.05. The van der Waals surface area contributed by atoms with Crippen molar-refractivity contribution in [2.75, 3.05) is 0 Å². The largest absolute Gasteiger partial charge is 0.237 e. The smallest absolute Gasteiger partial charge is 0.174 e. The van der Waals surface area contributed by atoms with Crippen LogP contribution in [0.5, 0.6) is 0 Å². The fourth-order valence-corrected chi connectivity index (χ4v) is 2.00. The molecular formula is C8H9N3S. The summed E-state index contributed by atoms with van der Waals surface area (Å²) in [5.74, 6) is 0.797. The summed E-state index contributed by atoms with van der Waals surface area (Å²) in [6.45, 7) is 5.87. The molecule has 0 aromatic carbocycles. The van der Waals surface area contributed by atoms with Gasteiger partial charge in [0.25, 0.3) is 0 Å². The van der Waals surface area contributed by atoms with Crippen molar-refractivity contribution in [3.63, 3.8) is 0 Å². The minimum atomic E-state index is 0.797. The van der Waals surface area contributed by atoms with Crippen molar-refractivity contribution in [1.29, 1.82) is 0 Å². The fraction of sp³-hybridized carbons (Fsp3) is 0.375. The molecule has 0 aliphatic carbocycles. The third-order valence-electron chi connectivity index (χ3n) is 1.64. The van der Waals surface area contributed by atoms with Crippen molar-refractivity contribution in [2.24, 2.45) is 0 Å². The molecule has 12 heavy (non-hydrogen) atoms. The number of rotatable bonds is 0. The van der Waals surface area contributed by atoms with Gasteiger partial charge < -0.3 is 0 Å². The zero-order chi connectivity index (χ0) is 8.72. The zero-order valence-corrected chi connectivity index (χ0v) is 8.07. The Labute approximate surface area is 74.5 Å². The fourth-order valence-electron chi connectivity index (χ4n) is 1.20. The van der Waals surface area contributed by atoms with E-state index in [0.717, 1.165) is 26.9 Å². The number of hydrogen-bond acceptors (Lipinski definition) is 4. The standard InChI is InChI=1S/C8H9N3S/c1-4-7-8(10-5(2)9-4)11-6(3)12-7/h1-3H3. The summed E-state index contributed by atoms with van der Waals surface area (Å²) in [6.07, 6.45) is 0. The number of thiazole rings is 1. The molecule has 2 aromatic rings. The Balaban J connectivity index is 2.88. The van der Waals surface area contributed by atoms with Crippen LogP contribution in [-0.2, 0) is 0 Å². The molecule has 0 saturated carbocycles. The van der Waals surface area contributed by atoms with Crippen molar-refractivity contribution < 1.29 is 0 Å². The van der Waals surface area contributed by atoms with Crippen LogP contribution >= 0.6 is 11.3 Å². The average Bonchev–Trinajstić information content (AvgIpc) is 2.29. The molecule has 0 aliphatic rings. The van der Waals surface area contributed by atoms with Crippen molar-refractivity contribution >= 4 is 21.7 Å². The second-order valence-electron chi connectivity index (χ2n) is 2.74. The van der Waals surface area contributed by atoms with Gasteiger partial charge in [0, 0.05) is 0 Å². The van der Waals surface area contributed by atoms with Crippen LogP contribution in [-0.4, -0.2) is 15.0 Å². The van der Waals surface area contributed by atoms with Gasteiger partial charge in [-0.3, -0.25) is 0 Å². The van der Waals surface area contributed by atoms with Gasteiger partial charge in [0.1, 0.15) is 5.82 Å². The van der Waals surface area contributed by atoms with E-state index in [2.05, 4.69) is 15.0 Å². The van der Waals surface area contributed by atoms with Gasteiger partial charge in [-0.15, -0.1) is 11.3 Å². The first-order valence-electron chi connectivity index (χ1n) is 3.75. The molecule has 0 fully saturated rings. The van der Waals surface area contributed by atoms with E-state index in [4.69, 9.17) is 0 Å². The highest BCUT2D eigenvalue weighted by Crippen LogP contribution is 2.21. The molecule has 0 atom stereocenters. The number of nitrogens with zero attached hydrogens (tertiary/aromatic N) is 3. The maximum Gasteiger partial charge on any atom is 0.174 e. The highest BCUT2D eigenvalue weighted by atomic mass is 32.1. The first kappa shape index (κ1) is 7.61. The van der Waals surface area contributed by atoms with Gasteiger partial charge in [-0.25, -0.2) is 15.0 Å². The third kappa shape index (κ3) is 1.08. The van der Waals surface area contributed by atoms with E-state index in [1.165, 1.54) is 0 Å². The van der Waals surface area contributed by atoms with Gasteiger partial charge in [0.2, 0.25) is 0 Å². The Bertz CT molecular complexity index is 433. The van der Waals surface area contributed by atoms with Crippen LogP contribution in [0.2, 0.25) is 0 Å². The topological polar surface area (TPSA) is 38.7 Å². The minimum absolute atomic E-state index is 0.797. The third-order valence-corrected chi connectivity index (χ3v) is 2.71. The lowest BCUT2D eigenvalue weighted by Gasteiger charge is -1.94. The van der Waals surface area contributed by atoms with Crippen molar-refractivity contribution in [3.05, 3.63) is 16.5 Å². The summed E-state index contributed by atoms with van der Waals surface area (Å²) in [4.78, 5) is 12.8. The molecule has 0 saturated heterocycles. The highest BCUT2D eigenvalue weighted by molar-refractivity contribution is 7.18. The van der Waals surface area contributed by atoms with E-state index in [0.29, 0.717) is 0 Å². The van der Waals surface area contributed by atoms with Crippen molar-refractivity contribution in [1.82, 2.24) is 15.0 Å². The molecule has 0 N–H and O–H groups in total. The first-order valence-corrected chi connectivity index (χ1v) is 4.57. The number of aryl methyl sites for hydroxylation is 3. The summed E-state index contributed by atoms with van der Waals surface area (Å²) < 4.78 is 1.11. The lowest BCUT2D eigenvalue weighted by Crippen LogP contribution is -1.90. The minimum Gasteiger partial charge on any atom is -0.237 e. The van der Waals surface area contributed by atoms with Gasteiger partial charge in [-0.2, -0.15) is 0 Å². The predicted octanol–water partition coefficient (Wildman–Crippen LogP) is 2.01. The maximum absolute atomic E-state index is 4.30. The molecule has 62 valence electrons. The molecule has 0 amide bonds. The second-order valence-corrected chi connectivity index (χ2v) is 3.95.